The van der Waals surface area contributed by atoms with Crippen LogP contribution in [0.5, 0.6) is 0 Å². The molecule has 4 rings (SSSR count). The van der Waals surface area contributed by atoms with Crippen LogP contribution in [-0.2, 0) is 19.5 Å². The number of nitrogens with zero attached hydrogens (tertiary/aromatic N) is 4. The van der Waals surface area contributed by atoms with Crippen LogP contribution in [0.3, 0.4) is 0 Å². The summed E-state index contributed by atoms with van der Waals surface area (Å²) in [5.41, 5.74) is 3.73. The van der Waals surface area contributed by atoms with Crippen molar-refractivity contribution in [3.63, 3.8) is 0 Å². The van der Waals surface area contributed by atoms with E-state index in [4.69, 9.17) is 4.98 Å². The molecule has 0 atom stereocenters. The molecular formula is C18H17N5O. The first-order valence-corrected chi connectivity index (χ1v) is 7.93. The highest BCUT2D eigenvalue weighted by atomic mass is 16.1. The standard InChI is InChI=1S/C18H17N5O/c24-18-15-5-10-23(11-13-1-6-19-7-2-13)12-16(15)21-17(22-18)14-3-8-20-9-4-14/h1-4,6-9H,5,10-12H2,(H,21,22,24). The summed E-state index contributed by atoms with van der Waals surface area (Å²) in [6.07, 6.45) is 7.73. The average molecular weight is 319 g/mol. The van der Waals surface area contributed by atoms with E-state index in [-0.39, 0.29) is 5.56 Å². The molecule has 0 spiro atoms. The van der Waals surface area contributed by atoms with E-state index in [2.05, 4.69) is 19.9 Å². The summed E-state index contributed by atoms with van der Waals surface area (Å²) in [6, 6.07) is 7.73. The third kappa shape index (κ3) is 2.96. The Kier molecular flexibility index (Phi) is 3.88. The minimum atomic E-state index is -0.0321. The molecule has 0 unspecified atom stereocenters. The first-order chi connectivity index (χ1) is 11.8. The van der Waals surface area contributed by atoms with Crippen molar-refractivity contribution in [2.45, 2.75) is 19.5 Å². The Morgan fingerprint density at radius 1 is 1.04 bits per heavy atom. The molecular weight excluding hydrogens is 302 g/mol. The van der Waals surface area contributed by atoms with Gasteiger partial charge in [0.15, 0.2) is 0 Å². The van der Waals surface area contributed by atoms with Gasteiger partial charge in [-0.05, 0) is 36.2 Å². The molecule has 0 aliphatic carbocycles. The molecule has 0 radical (unpaired) electrons. The molecule has 6 nitrogen and oxygen atoms in total. The van der Waals surface area contributed by atoms with E-state index in [0.29, 0.717) is 12.4 Å². The summed E-state index contributed by atoms with van der Waals surface area (Å²) in [7, 11) is 0. The number of nitrogens with one attached hydrogen (secondary N) is 1. The average Bonchev–Trinajstić information content (AvgIpc) is 2.63. The van der Waals surface area contributed by atoms with Crippen LogP contribution < -0.4 is 5.56 Å². The molecule has 1 aliphatic heterocycles. The molecule has 0 bridgehead atoms. The minimum absolute atomic E-state index is 0.0321. The van der Waals surface area contributed by atoms with Crippen molar-refractivity contribution in [3.05, 3.63) is 76.2 Å². The summed E-state index contributed by atoms with van der Waals surface area (Å²) in [5, 5.41) is 0. The highest BCUT2D eigenvalue weighted by molar-refractivity contribution is 5.54. The van der Waals surface area contributed by atoms with Crippen LogP contribution in [0.15, 0.2) is 53.8 Å². The van der Waals surface area contributed by atoms with Crippen LogP contribution in [0.2, 0.25) is 0 Å². The Bertz CT molecular complexity index is 892. The number of rotatable bonds is 3. The minimum Gasteiger partial charge on any atom is -0.306 e. The number of hydrogen-bond acceptors (Lipinski definition) is 5. The number of pyridine rings is 2. The Morgan fingerprint density at radius 2 is 1.75 bits per heavy atom. The molecule has 1 aliphatic rings. The lowest BCUT2D eigenvalue weighted by Crippen LogP contribution is -2.35. The van der Waals surface area contributed by atoms with Crippen LogP contribution in [0.25, 0.3) is 11.4 Å². The summed E-state index contributed by atoms with van der Waals surface area (Å²) in [4.78, 5) is 30.3. The summed E-state index contributed by atoms with van der Waals surface area (Å²) in [5.74, 6) is 0.604. The van der Waals surface area contributed by atoms with Gasteiger partial charge in [0, 0.05) is 55.5 Å². The van der Waals surface area contributed by atoms with Crippen LogP contribution >= 0.6 is 0 Å². The zero-order valence-electron chi connectivity index (χ0n) is 13.1. The van der Waals surface area contributed by atoms with Gasteiger partial charge in [0.1, 0.15) is 5.82 Å². The van der Waals surface area contributed by atoms with Gasteiger partial charge in [0.25, 0.3) is 5.56 Å². The zero-order valence-corrected chi connectivity index (χ0v) is 13.1. The van der Waals surface area contributed by atoms with Gasteiger partial charge in [-0.2, -0.15) is 0 Å². The second kappa shape index (κ2) is 6.33. The van der Waals surface area contributed by atoms with Crippen LogP contribution in [0.4, 0.5) is 0 Å². The molecule has 3 aromatic rings. The fourth-order valence-corrected chi connectivity index (χ4v) is 3.02. The fourth-order valence-electron chi connectivity index (χ4n) is 3.02. The molecule has 0 saturated heterocycles. The molecule has 3 aromatic heterocycles. The van der Waals surface area contributed by atoms with Crippen LogP contribution in [-0.4, -0.2) is 31.4 Å². The van der Waals surface area contributed by atoms with Crippen LogP contribution in [0, 0.1) is 0 Å². The third-order valence-electron chi connectivity index (χ3n) is 4.26. The number of aromatic amines is 1. The lowest BCUT2D eigenvalue weighted by Gasteiger charge is -2.27. The van der Waals surface area contributed by atoms with Gasteiger partial charge < -0.3 is 4.98 Å². The predicted octanol–water partition coefficient (Wildman–Crippen LogP) is 1.79. The second-order valence-electron chi connectivity index (χ2n) is 5.89. The topological polar surface area (TPSA) is 74.8 Å². The van der Waals surface area contributed by atoms with Crippen molar-refractivity contribution in [1.29, 1.82) is 0 Å². The van der Waals surface area contributed by atoms with E-state index < -0.39 is 0 Å². The van der Waals surface area contributed by atoms with Gasteiger partial charge in [0.05, 0.1) is 5.69 Å². The maximum Gasteiger partial charge on any atom is 0.254 e. The van der Waals surface area contributed by atoms with E-state index in [0.717, 1.165) is 36.3 Å². The van der Waals surface area contributed by atoms with E-state index in [1.807, 2.05) is 24.3 Å². The Morgan fingerprint density at radius 3 is 2.50 bits per heavy atom. The molecule has 0 saturated carbocycles. The van der Waals surface area contributed by atoms with Crippen molar-refractivity contribution < 1.29 is 0 Å². The van der Waals surface area contributed by atoms with Gasteiger partial charge >= 0.3 is 0 Å². The van der Waals surface area contributed by atoms with Gasteiger partial charge in [-0.1, -0.05) is 0 Å². The normalized spacial score (nSPS) is 14.3. The Labute approximate surface area is 139 Å². The number of hydrogen-bond donors (Lipinski definition) is 1. The van der Waals surface area contributed by atoms with Crippen LogP contribution in [0.1, 0.15) is 16.8 Å². The second-order valence-corrected chi connectivity index (χ2v) is 5.89. The van der Waals surface area contributed by atoms with Crippen molar-refractivity contribution in [1.82, 2.24) is 24.8 Å². The Balaban J connectivity index is 1.62. The van der Waals surface area contributed by atoms with Crippen molar-refractivity contribution in [2.24, 2.45) is 0 Å². The van der Waals surface area contributed by atoms with Crippen molar-refractivity contribution in [3.8, 4) is 11.4 Å². The summed E-state index contributed by atoms with van der Waals surface area (Å²) >= 11 is 0. The van der Waals surface area contributed by atoms with Crippen molar-refractivity contribution >= 4 is 0 Å². The number of fused-ring (bicyclic) bond motifs is 1. The molecule has 1 N–H and O–H groups in total. The quantitative estimate of drug-likeness (QED) is 0.796. The SMILES string of the molecule is O=c1[nH]c(-c2ccncc2)nc2c1CCN(Cc1ccncc1)C2. The molecule has 120 valence electrons. The summed E-state index contributed by atoms with van der Waals surface area (Å²) in [6.45, 7) is 2.37. The van der Waals surface area contributed by atoms with E-state index >= 15 is 0 Å². The van der Waals surface area contributed by atoms with E-state index in [1.165, 1.54) is 5.56 Å². The number of H-pyrrole nitrogens is 1. The van der Waals surface area contributed by atoms with E-state index in [9.17, 15) is 4.79 Å². The number of aromatic nitrogens is 4. The predicted molar refractivity (Wildman–Crippen MR) is 90.1 cm³/mol. The molecule has 4 heterocycles. The maximum atomic E-state index is 12.4. The molecule has 0 aromatic carbocycles. The Hall–Kier alpha value is -2.86. The summed E-state index contributed by atoms with van der Waals surface area (Å²) < 4.78 is 0. The first-order valence-electron chi connectivity index (χ1n) is 7.93. The molecule has 24 heavy (non-hydrogen) atoms. The lowest BCUT2D eigenvalue weighted by atomic mass is 10.1. The highest BCUT2D eigenvalue weighted by Gasteiger charge is 2.21. The van der Waals surface area contributed by atoms with Gasteiger partial charge in [-0.3, -0.25) is 19.7 Å². The zero-order chi connectivity index (χ0) is 16.4. The van der Waals surface area contributed by atoms with Crippen molar-refractivity contribution in [2.75, 3.05) is 6.54 Å². The first kappa shape index (κ1) is 14.7. The van der Waals surface area contributed by atoms with E-state index in [1.54, 1.807) is 24.8 Å². The van der Waals surface area contributed by atoms with Gasteiger partial charge in [-0.15, -0.1) is 0 Å². The lowest BCUT2D eigenvalue weighted by molar-refractivity contribution is 0.240. The maximum absolute atomic E-state index is 12.4. The molecule has 6 heteroatoms. The third-order valence-corrected chi connectivity index (χ3v) is 4.26. The highest BCUT2D eigenvalue weighted by Crippen LogP contribution is 2.19. The molecule has 0 amide bonds. The smallest absolute Gasteiger partial charge is 0.254 e. The van der Waals surface area contributed by atoms with Gasteiger partial charge in [-0.25, -0.2) is 4.98 Å². The molecule has 0 fully saturated rings. The monoisotopic (exact) mass is 319 g/mol. The van der Waals surface area contributed by atoms with Gasteiger partial charge in [0.2, 0.25) is 0 Å². The largest absolute Gasteiger partial charge is 0.306 e. The fraction of sp³-hybridized carbons (Fsp3) is 0.222.